The van der Waals surface area contributed by atoms with E-state index in [1.54, 1.807) is 0 Å². The van der Waals surface area contributed by atoms with Crippen LogP contribution < -0.4 is 4.74 Å². The average molecular weight is 192 g/mol. The van der Waals surface area contributed by atoms with Crippen LogP contribution in [0.2, 0.25) is 0 Å². The van der Waals surface area contributed by atoms with Gasteiger partial charge in [-0.05, 0) is 17.7 Å². The Bertz CT molecular complexity index is 287. The van der Waals surface area contributed by atoms with Crippen LogP contribution in [-0.4, -0.2) is 17.6 Å². The Morgan fingerprint density at radius 2 is 2.15 bits per heavy atom. The van der Waals surface area contributed by atoms with E-state index in [9.17, 15) is 0 Å². The van der Waals surface area contributed by atoms with Gasteiger partial charge in [0.15, 0.2) is 0 Å². The van der Waals surface area contributed by atoms with Crippen LogP contribution in [0, 0.1) is 0 Å². The average Bonchev–Trinajstić information content (AvgIpc) is 2.99. The molecule has 0 spiro atoms. The summed E-state index contributed by atoms with van der Waals surface area (Å²) in [6, 6.07) is 8.01. The third-order valence-electron chi connectivity index (χ3n) is 1.95. The van der Waals surface area contributed by atoms with E-state index in [0.717, 1.165) is 23.2 Å². The minimum absolute atomic E-state index is 0.735. The smallest absolute Gasteiger partial charge is 0.119 e. The van der Waals surface area contributed by atoms with Crippen LogP contribution in [0.4, 0.5) is 0 Å². The highest BCUT2D eigenvalue weighted by Gasteiger charge is 2.22. The van der Waals surface area contributed by atoms with E-state index in [4.69, 9.17) is 4.74 Å². The zero-order valence-corrected chi connectivity index (χ0v) is 8.22. The Hall–Kier alpha value is -0.890. The topological polar surface area (TPSA) is 9.23 Å². The van der Waals surface area contributed by atoms with Crippen molar-refractivity contribution in [2.75, 3.05) is 12.4 Å². The van der Waals surface area contributed by atoms with E-state index < -0.39 is 0 Å². The van der Waals surface area contributed by atoms with Gasteiger partial charge in [0.05, 0.1) is 0 Å². The van der Waals surface area contributed by atoms with Crippen molar-refractivity contribution in [1.29, 1.82) is 0 Å². The second kappa shape index (κ2) is 3.88. The van der Waals surface area contributed by atoms with Gasteiger partial charge in [-0.1, -0.05) is 24.8 Å². The Morgan fingerprint density at radius 3 is 2.69 bits per heavy atom. The first-order valence-electron chi connectivity index (χ1n) is 4.35. The van der Waals surface area contributed by atoms with Crippen molar-refractivity contribution in [2.45, 2.75) is 5.25 Å². The second-order valence-electron chi connectivity index (χ2n) is 3.04. The van der Waals surface area contributed by atoms with E-state index in [1.165, 1.54) is 5.75 Å². The Morgan fingerprint density at radius 1 is 1.46 bits per heavy atom. The lowest BCUT2D eigenvalue weighted by atomic mass is 10.2. The van der Waals surface area contributed by atoms with Gasteiger partial charge >= 0.3 is 0 Å². The summed E-state index contributed by atoms with van der Waals surface area (Å²) in [7, 11) is 0. The summed E-state index contributed by atoms with van der Waals surface area (Å²) in [5.74, 6) is 2.21. The highest BCUT2D eigenvalue weighted by molar-refractivity contribution is 8.06. The first-order valence-corrected chi connectivity index (χ1v) is 5.40. The molecule has 2 rings (SSSR count). The first kappa shape index (κ1) is 8.70. The number of ether oxygens (including phenoxy) is 1. The molecular formula is C11H12OS. The maximum Gasteiger partial charge on any atom is 0.119 e. The summed E-state index contributed by atoms with van der Waals surface area (Å²) in [6.45, 7) is 4.55. The molecule has 0 aromatic heterocycles. The van der Waals surface area contributed by atoms with E-state index in [1.807, 2.05) is 42.1 Å². The molecule has 0 amide bonds. The molecule has 1 unspecified atom stereocenters. The van der Waals surface area contributed by atoms with Crippen LogP contribution >= 0.6 is 11.8 Å². The molecule has 1 aromatic rings. The minimum atomic E-state index is 0.735. The molecular weight excluding hydrogens is 180 g/mol. The zero-order chi connectivity index (χ0) is 9.10. The van der Waals surface area contributed by atoms with Gasteiger partial charge in [0.2, 0.25) is 0 Å². The molecule has 0 saturated carbocycles. The van der Waals surface area contributed by atoms with Crippen LogP contribution in [0.3, 0.4) is 0 Å². The molecule has 1 saturated heterocycles. The van der Waals surface area contributed by atoms with Gasteiger partial charge in [0, 0.05) is 11.0 Å². The Kier molecular flexibility index (Phi) is 2.60. The minimum Gasteiger partial charge on any atom is -0.492 e. The molecule has 0 aliphatic carbocycles. The van der Waals surface area contributed by atoms with Gasteiger partial charge < -0.3 is 4.74 Å². The quantitative estimate of drug-likeness (QED) is 0.678. The van der Waals surface area contributed by atoms with E-state index in [0.29, 0.717) is 0 Å². The predicted octanol–water partition coefficient (Wildman–Crippen LogP) is 2.82. The molecule has 1 atom stereocenters. The lowest BCUT2D eigenvalue weighted by Crippen LogP contribution is -2.02. The maximum absolute atomic E-state index is 5.57. The molecule has 13 heavy (non-hydrogen) atoms. The van der Waals surface area contributed by atoms with Crippen molar-refractivity contribution in [3.63, 3.8) is 0 Å². The zero-order valence-electron chi connectivity index (χ0n) is 7.40. The molecule has 1 aliphatic rings. The van der Waals surface area contributed by atoms with E-state index in [2.05, 4.69) is 6.58 Å². The highest BCUT2D eigenvalue weighted by atomic mass is 32.2. The highest BCUT2D eigenvalue weighted by Crippen LogP contribution is 2.30. The monoisotopic (exact) mass is 192 g/mol. The van der Waals surface area contributed by atoms with Crippen molar-refractivity contribution >= 4 is 17.8 Å². The number of rotatable bonds is 4. The van der Waals surface area contributed by atoms with E-state index >= 15 is 0 Å². The summed E-state index contributed by atoms with van der Waals surface area (Å²) in [5, 5.41) is 0.735. The molecule has 1 aromatic carbocycles. The van der Waals surface area contributed by atoms with Crippen molar-refractivity contribution in [3.8, 4) is 5.75 Å². The van der Waals surface area contributed by atoms with Crippen LogP contribution in [-0.2, 0) is 0 Å². The fourth-order valence-corrected chi connectivity index (χ4v) is 1.45. The Balaban J connectivity index is 1.91. The van der Waals surface area contributed by atoms with Crippen LogP contribution in [0.1, 0.15) is 5.56 Å². The van der Waals surface area contributed by atoms with Gasteiger partial charge in [0.1, 0.15) is 12.4 Å². The Labute approximate surface area is 82.8 Å². The van der Waals surface area contributed by atoms with Crippen molar-refractivity contribution < 1.29 is 4.74 Å². The van der Waals surface area contributed by atoms with Gasteiger partial charge in [-0.15, -0.1) is 0 Å². The third-order valence-corrected chi connectivity index (χ3v) is 2.89. The normalized spacial score (nSPS) is 19.5. The van der Waals surface area contributed by atoms with E-state index in [-0.39, 0.29) is 0 Å². The molecule has 1 aliphatic heterocycles. The summed E-state index contributed by atoms with van der Waals surface area (Å²) in [5.41, 5.74) is 1.13. The first-order chi connectivity index (χ1) is 6.38. The molecule has 0 radical (unpaired) electrons. The lowest BCUT2D eigenvalue weighted by Gasteiger charge is -2.03. The lowest BCUT2D eigenvalue weighted by molar-refractivity contribution is 0.330. The summed E-state index contributed by atoms with van der Waals surface area (Å²) >= 11 is 1.95. The summed E-state index contributed by atoms with van der Waals surface area (Å²) < 4.78 is 5.57. The molecule has 68 valence electrons. The summed E-state index contributed by atoms with van der Waals surface area (Å²) in [6.07, 6.45) is 1.83. The third kappa shape index (κ3) is 2.52. The second-order valence-corrected chi connectivity index (χ2v) is 4.37. The summed E-state index contributed by atoms with van der Waals surface area (Å²) in [4.78, 5) is 0. The standard InChI is InChI=1S/C11H12OS/c1-2-9-3-5-10(6-4-9)12-7-11-8-13-11/h2-6,11H,1,7-8H2. The van der Waals surface area contributed by atoms with Gasteiger partial charge in [-0.2, -0.15) is 11.8 Å². The van der Waals surface area contributed by atoms with Gasteiger partial charge in [0.25, 0.3) is 0 Å². The molecule has 2 heteroatoms. The number of thioether (sulfide) groups is 1. The predicted molar refractivity (Wildman–Crippen MR) is 58.3 cm³/mol. The molecule has 1 fully saturated rings. The van der Waals surface area contributed by atoms with Crippen molar-refractivity contribution in [3.05, 3.63) is 36.4 Å². The molecule has 0 N–H and O–H groups in total. The maximum atomic E-state index is 5.57. The van der Waals surface area contributed by atoms with Crippen molar-refractivity contribution in [2.24, 2.45) is 0 Å². The van der Waals surface area contributed by atoms with Crippen LogP contribution in [0.5, 0.6) is 5.75 Å². The van der Waals surface area contributed by atoms with Gasteiger partial charge in [-0.3, -0.25) is 0 Å². The van der Waals surface area contributed by atoms with Crippen molar-refractivity contribution in [1.82, 2.24) is 0 Å². The fraction of sp³-hybridized carbons (Fsp3) is 0.273. The number of benzene rings is 1. The van der Waals surface area contributed by atoms with Crippen LogP contribution in [0.15, 0.2) is 30.8 Å². The number of hydrogen-bond donors (Lipinski definition) is 0. The SMILES string of the molecule is C=Cc1ccc(OCC2CS2)cc1. The molecule has 0 bridgehead atoms. The molecule has 1 heterocycles. The van der Waals surface area contributed by atoms with Gasteiger partial charge in [-0.25, -0.2) is 0 Å². The van der Waals surface area contributed by atoms with Crippen LogP contribution in [0.25, 0.3) is 6.08 Å². The number of hydrogen-bond acceptors (Lipinski definition) is 2. The molecule has 1 nitrogen and oxygen atoms in total. The fourth-order valence-electron chi connectivity index (χ4n) is 1.05. The largest absolute Gasteiger partial charge is 0.492 e.